The van der Waals surface area contributed by atoms with Crippen LogP contribution in [0.25, 0.3) is 10.2 Å². The molecule has 0 spiro atoms. The predicted octanol–water partition coefficient (Wildman–Crippen LogP) is 2.41. The highest BCUT2D eigenvalue weighted by atomic mass is 127. The molecular weight excluding hydrogens is 497 g/mol. The number of fused-ring (bicyclic) bond motifs is 1. The van der Waals surface area contributed by atoms with Gasteiger partial charge in [0.15, 0.2) is 20.9 Å². The Morgan fingerprint density at radius 2 is 2.07 bits per heavy atom. The topological polar surface area (TPSA) is 86.7 Å². The molecule has 0 bridgehead atoms. The number of nitrogens with one attached hydrogen (secondary N) is 2. The van der Waals surface area contributed by atoms with Gasteiger partial charge in [-0.3, -0.25) is 4.99 Å². The molecule has 0 unspecified atom stereocenters. The van der Waals surface area contributed by atoms with Crippen molar-refractivity contribution in [1.82, 2.24) is 15.2 Å². The predicted molar refractivity (Wildman–Crippen MR) is 124 cm³/mol. The van der Waals surface area contributed by atoms with E-state index in [2.05, 4.69) is 26.7 Å². The van der Waals surface area contributed by atoms with Crippen LogP contribution in [0.1, 0.15) is 13.8 Å². The Labute approximate surface area is 181 Å². The molecule has 2 aromatic rings. The van der Waals surface area contributed by atoms with Crippen LogP contribution >= 0.6 is 35.3 Å². The first-order valence-corrected chi connectivity index (χ1v) is 11.1. The molecule has 10 heteroatoms. The summed E-state index contributed by atoms with van der Waals surface area (Å²) in [6.07, 6.45) is 0. The van der Waals surface area contributed by atoms with E-state index in [1.165, 1.54) is 0 Å². The first-order chi connectivity index (χ1) is 12.3. The zero-order valence-electron chi connectivity index (χ0n) is 15.7. The largest absolute Gasteiger partial charge is 0.360 e. The van der Waals surface area contributed by atoms with Crippen molar-refractivity contribution in [1.29, 1.82) is 0 Å². The van der Waals surface area contributed by atoms with Crippen molar-refractivity contribution in [3.8, 4) is 0 Å². The summed E-state index contributed by atoms with van der Waals surface area (Å²) in [5.41, 5.74) is 1.00. The lowest BCUT2D eigenvalue weighted by molar-refractivity contribution is 0.354. The van der Waals surface area contributed by atoms with E-state index in [9.17, 15) is 8.42 Å². The van der Waals surface area contributed by atoms with Gasteiger partial charge in [0.25, 0.3) is 0 Å². The van der Waals surface area contributed by atoms with E-state index in [0.29, 0.717) is 26.2 Å². The van der Waals surface area contributed by atoms with Gasteiger partial charge in [0.05, 0.1) is 20.7 Å². The molecule has 3 rings (SSSR count). The average Bonchev–Trinajstić information content (AvgIpc) is 3.00. The summed E-state index contributed by atoms with van der Waals surface area (Å²) in [5, 5.41) is 7.52. The molecule has 0 amide bonds. The van der Waals surface area contributed by atoms with Crippen molar-refractivity contribution in [2.45, 2.75) is 18.6 Å². The normalized spacial score (nSPS) is 18.8. The van der Waals surface area contributed by atoms with Gasteiger partial charge in [0.1, 0.15) is 0 Å². The van der Waals surface area contributed by atoms with Crippen LogP contribution in [0.4, 0.5) is 5.13 Å². The number of sulfone groups is 1. The van der Waals surface area contributed by atoms with Crippen molar-refractivity contribution < 1.29 is 8.42 Å². The van der Waals surface area contributed by atoms with E-state index < -0.39 is 14.6 Å². The van der Waals surface area contributed by atoms with Crippen LogP contribution in [-0.4, -0.2) is 68.0 Å². The molecular formula is C17H26IN5O2S2. The molecule has 0 aliphatic carbocycles. The molecule has 1 aromatic carbocycles. The van der Waals surface area contributed by atoms with E-state index in [4.69, 9.17) is 0 Å². The lowest BCUT2D eigenvalue weighted by atomic mass is 10.2. The third-order valence-electron chi connectivity index (χ3n) is 4.53. The zero-order valence-corrected chi connectivity index (χ0v) is 19.7. The monoisotopic (exact) mass is 523 g/mol. The SMILES string of the molecule is CN=C(NCCNc1nc2ccccc2s1)N1CCS(=O)(=O)C(C)(C)C1.I. The standard InChI is InChI=1S/C17H25N5O2S2.HI/c1-17(2)12-22(10-11-26(17,23)24)15(18-3)19-8-9-20-16-21-13-6-4-5-7-14(13)25-16;/h4-7H,8-12H2,1-3H3,(H,18,19)(H,20,21);1H. The molecule has 1 aliphatic rings. The van der Waals surface area contributed by atoms with E-state index in [0.717, 1.165) is 21.3 Å². The average molecular weight is 523 g/mol. The van der Waals surface area contributed by atoms with Gasteiger partial charge in [-0.15, -0.1) is 24.0 Å². The van der Waals surface area contributed by atoms with Gasteiger partial charge in [0, 0.05) is 33.2 Å². The summed E-state index contributed by atoms with van der Waals surface area (Å²) in [5.74, 6) is 0.893. The van der Waals surface area contributed by atoms with Crippen LogP contribution < -0.4 is 10.6 Å². The number of nitrogens with zero attached hydrogens (tertiary/aromatic N) is 3. The van der Waals surface area contributed by atoms with E-state index in [1.54, 1.807) is 32.2 Å². The Kier molecular flexibility index (Phi) is 7.31. The van der Waals surface area contributed by atoms with Crippen LogP contribution in [0, 0.1) is 0 Å². The number of guanidine groups is 1. The third kappa shape index (κ3) is 5.02. The number of hydrogen-bond acceptors (Lipinski definition) is 6. The quantitative estimate of drug-likeness (QED) is 0.277. The highest BCUT2D eigenvalue weighted by molar-refractivity contribution is 14.0. The molecule has 150 valence electrons. The first-order valence-electron chi connectivity index (χ1n) is 8.60. The van der Waals surface area contributed by atoms with Crippen LogP contribution in [0.15, 0.2) is 29.3 Å². The number of aromatic nitrogens is 1. The van der Waals surface area contributed by atoms with E-state index >= 15 is 0 Å². The molecule has 1 fully saturated rings. The van der Waals surface area contributed by atoms with Crippen molar-refractivity contribution in [2.75, 3.05) is 44.3 Å². The number of halogens is 1. The number of benzene rings is 1. The molecule has 2 heterocycles. The molecule has 0 saturated carbocycles. The second-order valence-electron chi connectivity index (χ2n) is 6.89. The fourth-order valence-corrected chi connectivity index (χ4v) is 5.21. The van der Waals surface area contributed by atoms with Crippen molar-refractivity contribution in [2.24, 2.45) is 4.99 Å². The maximum Gasteiger partial charge on any atom is 0.193 e. The number of rotatable bonds is 4. The Bertz CT molecular complexity index is 878. The Morgan fingerprint density at radius 3 is 2.74 bits per heavy atom. The minimum Gasteiger partial charge on any atom is -0.360 e. The fourth-order valence-electron chi connectivity index (χ4n) is 2.95. The number of para-hydroxylation sites is 1. The third-order valence-corrected chi connectivity index (χ3v) is 8.06. The second-order valence-corrected chi connectivity index (χ2v) is 10.7. The summed E-state index contributed by atoms with van der Waals surface area (Å²) in [6.45, 7) is 5.84. The lowest BCUT2D eigenvalue weighted by Gasteiger charge is -2.39. The first kappa shape index (κ1) is 22.2. The number of anilines is 1. The minimum atomic E-state index is -3.05. The summed E-state index contributed by atoms with van der Waals surface area (Å²) in [4.78, 5) is 10.9. The number of aliphatic imine (C=N–C) groups is 1. The second kappa shape index (κ2) is 8.91. The Balaban J connectivity index is 0.00000261. The smallest absolute Gasteiger partial charge is 0.193 e. The molecule has 0 radical (unpaired) electrons. The Morgan fingerprint density at radius 1 is 1.33 bits per heavy atom. The van der Waals surface area contributed by atoms with Gasteiger partial charge in [-0.2, -0.15) is 0 Å². The summed E-state index contributed by atoms with van der Waals surface area (Å²) in [6, 6.07) is 8.06. The van der Waals surface area contributed by atoms with Crippen LogP contribution in [0.5, 0.6) is 0 Å². The molecule has 0 atom stereocenters. The van der Waals surface area contributed by atoms with Gasteiger partial charge < -0.3 is 15.5 Å². The van der Waals surface area contributed by atoms with E-state index in [1.807, 2.05) is 23.1 Å². The molecule has 27 heavy (non-hydrogen) atoms. The molecule has 7 nitrogen and oxygen atoms in total. The summed E-state index contributed by atoms with van der Waals surface area (Å²) >= 11 is 1.63. The molecule has 1 aromatic heterocycles. The van der Waals surface area contributed by atoms with Gasteiger partial charge in [-0.1, -0.05) is 23.5 Å². The maximum absolute atomic E-state index is 12.1. The number of thiazole rings is 1. The Hall–Kier alpha value is -1.14. The number of hydrogen-bond donors (Lipinski definition) is 2. The van der Waals surface area contributed by atoms with Crippen molar-refractivity contribution in [3.63, 3.8) is 0 Å². The summed E-state index contributed by atoms with van der Waals surface area (Å²) in [7, 11) is -1.33. The molecule has 1 aliphatic heterocycles. The van der Waals surface area contributed by atoms with Gasteiger partial charge in [-0.05, 0) is 26.0 Å². The summed E-state index contributed by atoms with van der Waals surface area (Å²) < 4.78 is 24.7. The van der Waals surface area contributed by atoms with Crippen LogP contribution in [-0.2, 0) is 9.84 Å². The maximum atomic E-state index is 12.1. The highest BCUT2D eigenvalue weighted by Gasteiger charge is 2.40. The van der Waals surface area contributed by atoms with Crippen molar-refractivity contribution in [3.05, 3.63) is 24.3 Å². The minimum absolute atomic E-state index is 0. The van der Waals surface area contributed by atoms with Gasteiger partial charge in [-0.25, -0.2) is 13.4 Å². The molecule has 1 saturated heterocycles. The fraction of sp³-hybridized carbons (Fsp3) is 0.529. The van der Waals surface area contributed by atoms with Gasteiger partial charge in [0.2, 0.25) is 0 Å². The van der Waals surface area contributed by atoms with Crippen LogP contribution in [0.3, 0.4) is 0 Å². The lowest BCUT2D eigenvalue weighted by Crippen LogP contribution is -2.57. The zero-order chi connectivity index (χ0) is 18.8. The van der Waals surface area contributed by atoms with Crippen LogP contribution in [0.2, 0.25) is 0 Å². The highest BCUT2D eigenvalue weighted by Crippen LogP contribution is 2.25. The van der Waals surface area contributed by atoms with E-state index in [-0.39, 0.29) is 29.7 Å². The van der Waals surface area contributed by atoms with Crippen molar-refractivity contribution >= 4 is 66.5 Å². The molecule has 2 N–H and O–H groups in total. The van der Waals surface area contributed by atoms with Gasteiger partial charge >= 0.3 is 0 Å².